The fourth-order valence-corrected chi connectivity index (χ4v) is 4.54. The second-order valence-corrected chi connectivity index (χ2v) is 9.61. The number of allylic oxidation sites excluding steroid dienone is 1. The zero-order valence-electron chi connectivity index (χ0n) is 23.8. The van der Waals surface area contributed by atoms with Crippen LogP contribution in [0, 0.1) is 5.82 Å². The topological polar surface area (TPSA) is 120 Å². The molecule has 3 N–H and O–H groups in total. The van der Waals surface area contributed by atoms with Crippen LogP contribution in [0.25, 0.3) is 0 Å². The third kappa shape index (κ3) is 8.07. The van der Waals surface area contributed by atoms with Gasteiger partial charge in [0, 0.05) is 16.8 Å². The zero-order chi connectivity index (χ0) is 30.8. The van der Waals surface area contributed by atoms with Gasteiger partial charge in [-0.25, -0.2) is 14.6 Å². The lowest BCUT2D eigenvalue weighted by atomic mass is 9.95. The average Bonchev–Trinajstić information content (AvgIpc) is 2.99. The van der Waals surface area contributed by atoms with Gasteiger partial charge in [0.2, 0.25) is 0 Å². The second-order valence-electron chi connectivity index (χ2n) is 9.20. The molecule has 0 saturated carbocycles. The Labute approximate surface area is 253 Å². The first kappa shape index (κ1) is 31.0. The Balaban J connectivity index is 1.37. The Bertz CT molecular complexity index is 1560. The number of rotatable bonds is 12. The summed E-state index contributed by atoms with van der Waals surface area (Å²) in [4.78, 5) is 25.2. The third-order valence-electron chi connectivity index (χ3n) is 6.28. The van der Waals surface area contributed by atoms with E-state index in [4.69, 9.17) is 31.2 Å². The van der Waals surface area contributed by atoms with Crippen molar-refractivity contribution in [1.82, 2.24) is 16.1 Å². The summed E-state index contributed by atoms with van der Waals surface area (Å²) < 4.78 is 36.1. The quantitative estimate of drug-likeness (QED) is 0.120. The highest BCUT2D eigenvalue weighted by Crippen LogP contribution is 2.33. The van der Waals surface area contributed by atoms with Gasteiger partial charge >= 0.3 is 5.97 Å². The Morgan fingerprint density at radius 3 is 2.58 bits per heavy atom. The van der Waals surface area contributed by atoms with E-state index in [2.05, 4.69) is 21.2 Å². The summed E-state index contributed by atoms with van der Waals surface area (Å²) >= 11 is 5.30. The second kappa shape index (κ2) is 14.8. The van der Waals surface area contributed by atoms with Crippen molar-refractivity contribution in [2.75, 3.05) is 20.3 Å². The van der Waals surface area contributed by atoms with Crippen LogP contribution in [-0.4, -0.2) is 43.5 Å². The van der Waals surface area contributed by atoms with Gasteiger partial charge in [-0.3, -0.25) is 4.79 Å². The van der Waals surface area contributed by atoms with E-state index in [0.717, 1.165) is 0 Å². The lowest BCUT2D eigenvalue weighted by Crippen LogP contribution is -2.45. The minimum atomic E-state index is -0.640. The van der Waals surface area contributed by atoms with Gasteiger partial charge in [-0.2, -0.15) is 5.10 Å². The Morgan fingerprint density at radius 2 is 1.81 bits per heavy atom. The number of carbonyl (C=O) groups excluding carboxylic acids is 2. The highest BCUT2D eigenvalue weighted by Gasteiger charge is 2.32. The molecule has 0 aliphatic carbocycles. The SMILES string of the molecule is CCOC(=O)C1=C(C)NC(=S)N[C@@H]1c1ccccc1OCC(=O)NN=Cc1ccc(OCc2ccccc2F)c(OC)c1. The van der Waals surface area contributed by atoms with Gasteiger partial charge in [-0.05, 0) is 62.0 Å². The minimum Gasteiger partial charge on any atom is -0.493 e. The molecule has 0 bridgehead atoms. The molecule has 1 aliphatic heterocycles. The highest BCUT2D eigenvalue weighted by molar-refractivity contribution is 7.80. The average molecular weight is 607 g/mol. The predicted octanol–water partition coefficient (Wildman–Crippen LogP) is 4.30. The summed E-state index contributed by atoms with van der Waals surface area (Å²) in [7, 11) is 1.49. The number of thiocarbonyl (C=S) groups is 1. The van der Waals surface area contributed by atoms with Crippen molar-refractivity contribution >= 4 is 35.4 Å². The number of halogens is 1. The number of hydrogen-bond acceptors (Lipinski definition) is 8. The maximum absolute atomic E-state index is 13.9. The molecule has 1 heterocycles. The molecule has 12 heteroatoms. The van der Waals surface area contributed by atoms with Gasteiger partial charge in [0.15, 0.2) is 23.2 Å². The van der Waals surface area contributed by atoms with Gasteiger partial charge in [0.25, 0.3) is 5.91 Å². The molecular weight excluding hydrogens is 575 g/mol. The number of para-hydroxylation sites is 1. The van der Waals surface area contributed by atoms with Crippen LogP contribution in [0.2, 0.25) is 0 Å². The molecule has 1 amide bonds. The molecule has 0 fully saturated rings. The maximum Gasteiger partial charge on any atom is 0.338 e. The monoisotopic (exact) mass is 606 g/mol. The van der Waals surface area contributed by atoms with Crippen LogP contribution >= 0.6 is 12.2 Å². The van der Waals surface area contributed by atoms with E-state index in [-0.39, 0.29) is 25.6 Å². The van der Waals surface area contributed by atoms with Gasteiger partial charge in [-0.15, -0.1) is 0 Å². The van der Waals surface area contributed by atoms with E-state index < -0.39 is 17.9 Å². The number of hydrazone groups is 1. The Morgan fingerprint density at radius 1 is 1.05 bits per heavy atom. The summed E-state index contributed by atoms with van der Waals surface area (Å²) in [5.74, 6) is -0.115. The van der Waals surface area contributed by atoms with Crippen LogP contribution in [-0.2, 0) is 20.9 Å². The van der Waals surface area contributed by atoms with E-state index in [1.165, 1.54) is 19.4 Å². The van der Waals surface area contributed by atoms with Crippen molar-refractivity contribution in [3.05, 3.63) is 101 Å². The van der Waals surface area contributed by atoms with Crippen molar-refractivity contribution in [3.63, 3.8) is 0 Å². The fourth-order valence-electron chi connectivity index (χ4n) is 4.27. The van der Waals surface area contributed by atoms with E-state index in [1.807, 2.05) is 0 Å². The van der Waals surface area contributed by atoms with Gasteiger partial charge in [0.05, 0.1) is 31.5 Å². The molecule has 3 aromatic rings. The summed E-state index contributed by atoms with van der Waals surface area (Å²) in [5.41, 5.74) is 5.01. The standard InChI is InChI=1S/C31H31FN4O6S/c1-4-40-30(38)28-19(2)34-31(43)35-29(28)22-10-6-8-12-24(22)42-18-27(37)36-33-16-20-13-14-25(26(15-20)39-3)41-17-21-9-5-7-11-23(21)32/h5-16,29H,4,17-18H2,1-3H3,(H,36,37)(H2,34,35,43)/t29-/m1/s1. The fraction of sp³-hybridized carbons (Fsp3) is 0.226. The first-order valence-electron chi connectivity index (χ1n) is 13.3. The number of benzene rings is 3. The van der Waals surface area contributed by atoms with Crippen LogP contribution in [0.4, 0.5) is 4.39 Å². The minimum absolute atomic E-state index is 0.0378. The number of nitrogens with one attached hydrogen (secondary N) is 3. The summed E-state index contributed by atoms with van der Waals surface area (Å²) in [5, 5.41) is 10.4. The molecule has 0 spiro atoms. The molecule has 4 rings (SSSR count). The van der Waals surface area contributed by atoms with Crippen LogP contribution in [0.5, 0.6) is 17.2 Å². The molecule has 10 nitrogen and oxygen atoms in total. The molecule has 0 radical (unpaired) electrons. The lowest BCUT2D eigenvalue weighted by molar-refractivity contribution is -0.139. The van der Waals surface area contributed by atoms with Crippen LogP contribution in [0.3, 0.4) is 0 Å². The molecule has 1 aliphatic rings. The largest absolute Gasteiger partial charge is 0.493 e. The first-order chi connectivity index (χ1) is 20.8. The number of esters is 1. The van der Waals surface area contributed by atoms with Crippen molar-refractivity contribution in [2.45, 2.75) is 26.5 Å². The molecular formula is C31H31FN4O6S. The number of nitrogens with zero attached hydrogens (tertiary/aromatic N) is 1. The highest BCUT2D eigenvalue weighted by atomic mass is 32.1. The Kier molecular flexibility index (Phi) is 10.6. The smallest absolute Gasteiger partial charge is 0.338 e. The van der Waals surface area contributed by atoms with Crippen LogP contribution in [0.1, 0.15) is 36.6 Å². The van der Waals surface area contributed by atoms with Crippen molar-refractivity contribution in [3.8, 4) is 17.2 Å². The lowest BCUT2D eigenvalue weighted by Gasteiger charge is -2.30. The van der Waals surface area contributed by atoms with Crippen LogP contribution in [0.15, 0.2) is 83.1 Å². The molecule has 3 aromatic carbocycles. The first-order valence-corrected chi connectivity index (χ1v) is 13.7. The number of carbonyl (C=O) groups is 2. The van der Waals surface area contributed by atoms with Crippen molar-refractivity contribution < 1.29 is 32.9 Å². The third-order valence-corrected chi connectivity index (χ3v) is 6.50. The molecule has 224 valence electrons. The molecule has 0 saturated heterocycles. The summed E-state index contributed by atoms with van der Waals surface area (Å²) in [6, 6.07) is 17.8. The Hall–Kier alpha value is -4.97. The van der Waals surface area contributed by atoms with Gasteiger partial charge < -0.3 is 29.6 Å². The number of ether oxygens (including phenoxy) is 4. The van der Waals surface area contributed by atoms with Crippen molar-refractivity contribution in [1.29, 1.82) is 0 Å². The van der Waals surface area contributed by atoms with Crippen LogP contribution < -0.4 is 30.3 Å². The predicted molar refractivity (Wildman–Crippen MR) is 162 cm³/mol. The molecule has 43 heavy (non-hydrogen) atoms. The summed E-state index contributed by atoms with van der Waals surface area (Å²) in [6.07, 6.45) is 1.44. The van der Waals surface area contributed by atoms with Gasteiger partial charge in [-0.1, -0.05) is 36.4 Å². The van der Waals surface area contributed by atoms with E-state index in [0.29, 0.717) is 50.3 Å². The molecule has 0 aromatic heterocycles. The number of methoxy groups -OCH3 is 1. The number of hydrogen-bond donors (Lipinski definition) is 3. The molecule has 1 atom stereocenters. The normalized spacial score (nSPS) is 14.5. The van der Waals surface area contributed by atoms with E-state index in [1.54, 1.807) is 74.5 Å². The zero-order valence-corrected chi connectivity index (χ0v) is 24.6. The van der Waals surface area contributed by atoms with Gasteiger partial charge in [0.1, 0.15) is 18.2 Å². The van der Waals surface area contributed by atoms with E-state index in [9.17, 15) is 14.0 Å². The molecule has 0 unspecified atom stereocenters. The number of amides is 1. The maximum atomic E-state index is 13.9. The summed E-state index contributed by atoms with van der Waals surface area (Å²) in [6.45, 7) is 3.38. The van der Waals surface area contributed by atoms with E-state index >= 15 is 0 Å². The van der Waals surface area contributed by atoms with Crippen molar-refractivity contribution in [2.24, 2.45) is 5.10 Å².